The van der Waals surface area contributed by atoms with Crippen molar-refractivity contribution in [2.75, 3.05) is 20.1 Å². The summed E-state index contributed by atoms with van der Waals surface area (Å²) in [5, 5.41) is 7.62. The molecule has 2 N–H and O–H groups in total. The van der Waals surface area contributed by atoms with Crippen LogP contribution in [0.5, 0.6) is 0 Å². The molecule has 0 unspecified atom stereocenters. The van der Waals surface area contributed by atoms with E-state index in [1.165, 1.54) is 18.4 Å². The zero-order chi connectivity index (χ0) is 16.1. The number of nitrogens with one attached hydrogen (secondary N) is 2. The van der Waals surface area contributed by atoms with Crippen molar-refractivity contribution in [3.05, 3.63) is 59.4 Å². The summed E-state index contributed by atoms with van der Waals surface area (Å²) in [7, 11) is 1.81. The van der Waals surface area contributed by atoms with Crippen LogP contribution in [-0.4, -0.2) is 30.7 Å². The standard InChI is InChI=1S/C18H23ClN4.HI/c1-20-17(21-10-13-23-11-2-3-12-23)22-14-18(8-9-18)15-4-6-16(19)7-5-15;/h2-7,11-12H,8-10,13-14H2,1H3,(H2,20,21,22);1H. The number of guanidine groups is 1. The van der Waals surface area contributed by atoms with E-state index < -0.39 is 0 Å². The molecular formula is C18H24ClIN4. The van der Waals surface area contributed by atoms with Crippen LogP contribution in [0.15, 0.2) is 53.8 Å². The Kier molecular flexibility index (Phi) is 6.98. The summed E-state index contributed by atoms with van der Waals surface area (Å²) in [6.45, 7) is 2.68. The first-order valence-electron chi connectivity index (χ1n) is 8.03. The molecule has 1 aromatic carbocycles. The predicted molar refractivity (Wildman–Crippen MR) is 112 cm³/mol. The van der Waals surface area contributed by atoms with Gasteiger partial charge in [0.05, 0.1) is 0 Å². The Morgan fingerprint density at radius 3 is 2.42 bits per heavy atom. The summed E-state index contributed by atoms with van der Waals surface area (Å²) in [4.78, 5) is 4.31. The van der Waals surface area contributed by atoms with Gasteiger partial charge in [0.2, 0.25) is 0 Å². The molecule has 1 heterocycles. The molecule has 1 aliphatic rings. The highest BCUT2D eigenvalue weighted by Crippen LogP contribution is 2.47. The SMILES string of the molecule is CN=C(NCCn1cccc1)NCC1(c2ccc(Cl)cc2)CC1.I. The Bertz CT molecular complexity index is 648. The third-order valence-corrected chi connectivity index (χ3v) is 4.71. The van der Waals surface area contributed by atoms with Gasteiger partial charge in [0.25, 0.3) is 0 Å². The number of benzene rings is 1. The molecule has 3 rings (SSSR count). The molecule has 0 saturated heterocycles. The minimum absolute atomic E-state index is 0. The molecule has 2 aromatic rings. The number of hydrogen-bond acceptors (Lipinski definition) is 1. The Morgan fingerprint density at radius 1 is 1.17 bits per heavy atom. The Balaban J connectivity index is 0.00000208. The minimum Gasteiger partial charge on any atom is -0.356 e. The number of nitrogens with zero attached hydrogens (tertiary/aromatic N) is 2. The van der Waals surface area contributed by atoms with Gasteiger partial charge in [-0.2, -0.15) is 0 Å². The number of hydrogen-bond donors (Lipinski definition) is 2. The Hall–Kier alpha value is -1.21. The average molecular weight is 459 g/mol. The van der Waals surface area contributed by atoms with Crippen LogP contribution in [0.2, 0.25) is 5.02 Å². The summed E-state index contributed by atoms with van der Waals surface area (Å²) in [5.41, 5.74) is 1.60. The van der Waals surface area contributed by atoms with Crippen LogP contribution in [-0.2, 0) is 12.0 Å². The van der Waals surface area contributed by atoms with E-state index in [0.29, 0.717) is 0 Å². The second kappa shape index (κ2) is 8.76. The van der Waals surface area contributed by atoms with Crippen LogP contribution < -0.4 is 10.6 Å². The molecule has 6 heteroatoms. The lowest BCUT2D eigenvalue weighted by molar-refractivity contribution is 0.629. The Morgan fingerprint density at radius 2 is 1.83 bits per heavy atom. The lowest BCUT2D eigenvalue weighted by Crippen LogP contribution is -2.42. The largest absolute Gasteiger partial charge is 0.356 e. The summed E-state index contributed by atoms with van der Waals surface area (Å²) in [6.07, 6.45) is 6.55. The number of halogens is 2. The third kappa shape index (κ3) is 4.89. The van der Waals surface area contributed by atoms with Crippen LogP contribution >= 0.6 is 35.6 Å². The van der Waals surface area contributed by atoms with Gasteiger partial charge in [0.15, 0.2) is 5.96 Å². The molecule has 24 heavy (non-hydrogen) atoms. The van der Waals surface area contributed by atoms with E-state index in [1.807, 2.05) is 31.3 Å². The number of aliphatic imine (C=N–C) groups is 1. The molecule has 0 spiro atoms. The normalized spacial score (nSPS) is 15.5. The van der Waals surface area contributed by atoms with E-state index >= 15 is 0 Å². The van der Waals surface area contributed by atoms with E-state index in [2.05, 4.69) is 44.7 Å². The van der Waals surface area contributed by atoms with Crippen molar-refractivity contribution >= 4 is 41.5 Å². The van der Waals surface area contributed by atoms with Crippen LogP contribution in [0.1, 0.15) is 18.4 Å². The fourth-order valence-corrected chi connectivity index (χ4v) is 2.94. The molecule has 0 radical (unpaired) electrons. The fourth-order valence-electron chi connectivity index (χ4n) is 2.82. The first-order chi connectivity index (χ1) is 11.2. The van der Waals surface area contributed by atoms with E-state index in [9.17, 15) is 0 Å². The molecular weight excluding hydrogens is 435 g/mol. The van der Waals surface area contributed by atoms with Crippen LogP contribution in [0.25, 0.3) is 0 Å². The fraction of sp³-hybridized carbons (Fsp3) is 0.389. The summed E-state index contributed by atoms with van der Waals surface area (Å²) >= 11 is 5.98. The number of rotatable bonds is 6. The third-order valence-electron chi connectivity index (χ3n) is 4.46. The van der Waals surface area contributed by atoms with Gasteiger partial charge < -0.3 is 15.2 Å². The van der Waals surface area contributed by atoms with Crippen molar-refractivity contribution in [2.24, 2.45) is 4.99 Å². The first-order valence-corrected chi connectivity index (χ1v) is 8.41. The van der Waals surface area contributed by atoms with Crippen LogP contribution in [0.4, 0.5) is 0 Å². The van der Waals surface area contributed by atoms with Gasteiger partial charge in [-0.15, -0.1) is 24.0 Å². The zero-order valence-corrected chi connectivity index (χ0v) is 16.9. The van der Waals surface area contributed by atoms with Crippen molar-refractivity contribution in [2.45, 2.75) is 24.8 Å². The van der Waals surface area contributed by atoms with Crippen molar-refractivity contribution in [3.8, 4) is 0 Å². The molecule has 0 bridgehead atoms. The van der Waals surface area contributed by atoms with Crippen LogP contribution in [0.3, 0.4) is 0 Å². The predicted octanol–water partition coefficient (Wildman–Crippen LogP) is 3.66. The van der Waals surface area contributed by atoms with E-state index in [1.54, 1.807) is 0 Å². The minimum atomic E-state index is 0. The maximum atomic E-state index is 5.98. The highest BCUT2D eigenvalue weighted by molar-refractivity contribution is 14.0. The lowest BCUT2D eigenvalue weighted by atomic mass is 9.96. The maximum Gasteiger partial charge on any atom is 0.191 e. The molecule has 1 fully saturated rings. The molecule has 0 amide bonds. The van der Waals surface area contributed by atoms with Crippen LogP contribution in [0, 0.1) is 0 Å². The second-order valence-electron chi connectivity index (χ2n) is 6.06. The number of aromatic nitrogens is 1. The lowest BCUT2D eigenvalue weighted by Gasteiger charge is -2.19. The molecule has 1 saturated carbocycles. The monoisotopic (exact) mass is 458 g/mol. The van der Waals surface area contributed by atoms with Gasteiger partial charge >= 0.3 is 0 Å². The average Bonchev–Trinajstić information content (AvgIpc) is 3.18. The van der Waals surface area contributed by atoms with Gasteiger partial charge in [-0.05, 0) is 42.7 Å². The van der Waals surface area contributed by atoms with Crippen molar-refractivity contribution in [1.82, 2.24) is 15.2 Å². The van der Waals surface area contributed by atoms with Gasteiger partial charge in [0.1, 0.15) is 0 Å². The highest BCUT2D eigenvalue weighted by Gasteiger charge is 2.44. The van der Waals surface area contributed by atoms with E-state index in [4.69, 9.17) is 11.6 Å². The molecule has 130 valence electrons. The van der Waals surface area contributed by atoms with Crippen molar-refractivity contribution in [3.63, 3.8) is 0 Å². The highest BCUT2D eigenvalue weighted by atomic mass is 127. The summed E-state index contributed by atoms with van der Waals surface area (Å²) < 4.78 is 2.15. The second-order valence-corrected chi connectivity index (χ2v) is 6.50. The quantitative estimate of drug-likeness (QED) is 0.394. The topological polar surface area (TPSA) is 41.4 Å². The van der Waals surface area contributed by atoms with E-state index in [0.717, 1.165) is 30.6 Å². The molecule has 4 nitrogen and oxygen atoms in total. The van der Waals surface area contributed by atoms with Gasteiger partial charge in [0, 0.05) is 49.5 Å². The zero-order valence-electron chi connectivity index (χ0n) is 13.8. The Labute approximate surface area is 165 Å². The van der Waals surface area contributed by atoms with Gasteiger partial charge in [-0.1, -0.05) is 23.7 Å². The summed E-state index contributed by atoms with van der Waals surface area (Å²) in [6, 6.07) is 12.3. The van der Waals surface area contributed by atoms with Crippen molar-refractivity contribution in [1.29, 1.82) is 0 Å². The molecule has 1 aliphatic carbocycles. The molecule has 0 atom stereocenters. The molecule has 1 aromatic heterocycles. The summed E-state index contributed by atoms with van der Waals surface area (Å²) in [5.74, 6) is 0.859. The van der Waals surface area contributed by atoms with Crippen molar-refractivity contribution < 1.29 is 0 Å². The molecule has 0 aliphatic heterocycles. The van der Waals surface area contributed by atoms with E-state index in [-0.39, 0.29) is 29.4 Å². The maximum absolute atomic E-state index is 5.98. The first kappa shape index (κ1) is 19.1. The van der Waals surface area contributed by atoms with Gasteiger partial charge in [-0.25, -0.2) is 0 Å². The smallest absolute Gasteiger partial charge is 0.191 e. The van der Waals surface area contributed by atoms with Gasteiger partial charge in [-0.3, -0.25) is 4.99 Å².